The molecule has 0 N–H and O–H groups in total. The maximum Gasteiger partial charge on any atom is 0.319 e. The molecule has 0 radical (unpaired) electrons. The molecule has 0 amide bonds. The van der Waals surface area contributed by atoms with Gasteiger partial charge in [0.25, 0.3) is 0 Å². The first kappa shape index (κ1) is 12.4. The van der Waals surface area contributed by atoms with Gasteiger partial charge in [0.05, 0.1) is 6.61 Å². The summed E-state index contributed by atoms with van der Waals surface area (Å²) >= 11 is 2.73. The number of thioether (sulfide) groups is 1. The quantitative estimate of drug-likeness (QED) is 0.588. The van der Waals surface area contributed by atoms with Crippen LogP contribution in [-0.2, 0) is 16.0 Å². The highest BCUT2D eigenvalue weighted by Gasteiger charge is 2.17. The standard InChI is InChI=1S/C9H14N2O2S2/c1-4-7-10-9(15-11-7)14-6(3)8(12)13-5-2/h6H,4-5H2,1-3H3. The molecule has 6 heteroatoms. The Labute approximate surface area is 97.6 Å². The fraction of sp³-hybridized carbons (Fsp3) is 0.667. The Hall–Kier alpha value is -0.620. The van der Waals surface area contributed by atoms with Gasteiger partial charge in [-0.3, -0.25) is 4.79 Å². The summed E-state index contributed by atoms with van der Waals surface area (Å²) in [4.78, 5) is 15.6. The van der Waals surface area contributed by atoms with Crippen LogP contribution in [0.25, 0.3) is 0 Å². The van der Waals surface area contributed by atoms with Gasteiger partial charge < -0.3 is 4.74 Å². The second-order valence-electron chi connectivity index (χ2n) is 2.84. The number of carbonyl (C=O) groups is 1. The second-order valence-corrected chi connectivity index (χ2v) is 5.18. The Balaban J connectivity index is 2.50. The van der Waals surface area contributed by atoms with E-state index >= 15 is 0 Å². The van der Waals surface area contributed by atoms with Gasteiger partial charge >= 0.3 is 5.97 Å². The van der Waals surface area contributed by atoms with Crippen molar-refractivity contribution in [2.24, 2.45) is 0 Å². The molecule has 84 valence electrons. The minimum Gasteiger partial charge on any atom is -0.465 e. The first-order valence-corrected chi connectivity index (χ1v) is 6.48. The zero-order valence-corrected chi connectivity index (χ0v) is 10.7. The molecule has 0 bridgehead atoms. The van der Waals surface area contributed by atoms with Crippen molar-refractivity contribution in [1.82, 2.24) is 9.36 Å². The third-order valence-corrected chi connectivity index (χ3v) is 3.56. The van der Waals surface area contributed by atoms with Crippen LogP contribution in [0.15, 0.2) is 4.34 Å². The summed E-state index contributed by atoms with van der Waals surface area (Å²) in [5, 5.41) is -0.220. The van der Waals surface area contributed by atoms with Crippen molar-refractivity contribution in [1.29, 1.82) is 0 Å². The van der Waals surface area contributed by atoms with Crippen LogP contribution in [0.5, 0.6) is 0 Å². The fourth-order valence-corrected chi connectivity index (χ4v) is 2.73. The molecule has 0 saturated heterocycles. The number of rotatable bonds is 5. The molecule has 0 aliphatic rings. The highest BCUT2D eigenvalue weighted by molar-refractivity contribution is 8.02. The highest BCUT2D eigenvalue weighted by Crippen LogP contribution is 2.25. The van der Waals surface area contributed by atoms with Gasteiger partial charge in [0.2, 0.25) is 0 Å². The number of carbonyl (C=O) groups excluding carboxylic acids is 1. The number of hydrogen-bond acceptors (Lipinski definition) is 6. The molecule has 1 atom stereocenters. The molecule has 1 unspecified atom stereocenters. The van der Waals surface area contributed by atoms with Crippen LogP contribution in [0.2, 0.25) is 0 Å². The molecule has 0 spiro atoms. The smallest absolute Gasteiger partial charge is 0.319 e. The van der Waals surface area contributed by atoms with Crippen molar-refractivity contribution in [3.8, 4) is 0 Å². The van der Waals surface area contributed by atoms with Gasteiger partial charge in [0.15, 0.2) is 4.34 Å². The number of aryl methyl sites for hydroxylation is 1. The molecule has 0 fully saturated rings. The van der Waals surface area contributed by atoms with Crippen LogP contribution >= 0.6 is 23.3 Å². The Kier molecular flexibility index (Phi) is 5.04. The Morgan fingerprint density at radius 2 is 2.33 bits per heavy atom. The van der Waals surface area contributed by atoms with E-state index in [-0.39, 0.29) is 11.2 Å². The first-order chi connectivity index (χ1) is 7.17. The second kappa shape index (κ2) is 6.07. The molecule has 15 heavy (non-hydrogen) atoms. The highest BCUT2D eigenvalue weighted by atomic mass is 32.2. The van der Waals surface area contributed by atoms with Crippen molar-refractivity contribution in [3.63, 3.8) is 0 Å². The molecular weight excluding hydrogens is 232 g/mol. The Bertz CT molecular complexity index is 328. The summed E-state index contributed by atoms with van der Waals surface area (Å²) < 4.78 is 9.88. The summed E-state index contributed by atoms with van der Waals surface area (Å²) in [5.74, 6) is 0.634. The lowest BCUT2D eigenvalue weighted by Crippen LogP contribution is -2.16. The van der Waals surface area contributed by atoms with Crippen molar-refractivity contribution in [3.05, 3.63) is 5.82 Å². The monoisotopic (exact) mass is 246 g/mol. The molecule has 1 aromatic rings. The van der Waals surface area contributed by atoms with Gasteiger partial charge in [-0.1, -0.05) is 18.7 Å². The van der Waals surface area contributed by atoms with E-state index in [9.17, 15) is 4.79 Å². The molecule has 0 aliphatic carbocycles. The number of nitrogens with zero attached hydrogens (tertiary/aromatic N) is 2. The lowest BCUT2D eigenvalue weighted by Gasteiger charge is -2.06. The maximum atomic E-state index is 11.3. The zero-order valence-electron chi connectivity index (χ0n) is 9.02. The number of aromatic nitrogens is 2. The average Bonchev–Trinajstić information content (AvgIpc) is 2.66. The number of ether oxygens (including phenoxy) is 1. The molecule has 0 saturated carbocycles. The van der Waals surface area contributed by atoms with Crippen molar-refractivity contribution in [2.45, 2.75) is 36.8 Å². The van der Waals surface area contributed by atoms with Gasteiger partial charge in [-0.25, -0.2) is 4.98 Å². The van der Waals surface area contributed by atoms with E-state index in [0.29, 0.717) is 6.61 Å². The van der Waals surface area contributed by atoms with Crippen molar-refractivity contribution in [2.75, 3.05) is 6.61 Å². The van der Waals surface area contributed by atoms with Crippen molar-refractivity contribution >= 4 is 29.3 Å². The number of hydrogen-bond donors (Lipinski definition) is 0. The van der Waals surface area contributed by atoms with Gasteiger partial charge in [-0.05, 0) is 25.4 Å². The molecule has 0 aromatic carbocycles. The summed E-state index contributed by atoms with van der Waals surface area (Å²) in [6.07, 6.45) is 0.824. The fourth-order valence-electron chi connectivity index (χ4n) is 0.888. The Morgan fingerprint density at radius 3 is 2.87 bits per heavy atom. The third-order valence-electron chi connectivity index (χ3n) is 1.66. The number of esters is 1. The van der Waals surface area contributed by atoms with E-state index in [4.69, 9.17) is 4.74 Å². The third kappa shape index (κ3) is 3.79. The minimum atomic E-state index is -0.220. The summed E-state index contributed by atoms with van der Waals surface area (Å²) in [6.45, 7) is 6.04. The van der Waals surface area contributed by atoms with E-state index in [1.165, 1.54) is 23.3 Å². The predicted molar refractivity (Wildman–Crippen MR) is 61.2 cm³/mol. The van der Waals surface area contributed by atoms with Gasteiger partial charge in [0, 0.05) is 6.42 Å². The van der Waals surface area contributed by atoms with Crippen LogP contribution in [0.4, 0.5) is 0 Å². The lowest BCUT2D eigenvalue weighted by atomic mass is 10.5. The average molecular weight is 246 g/mol. The molecule has 1 rings (SSSR count). The molecule has 1 aromatic heterocycles. The maximum absolute atomic E-state index is 11.3. The van der Waals surface area contributed by atoms with E-state index in [0.717, 1.165) is 16.6 Å². The van der Waals surface area contributed by atoms with E-state index in [1.54, 1.807) is 6.92 Å². The van der Waals surface area contributed by atoms with Crippen LogP contribution in [0, 0.1) is 0 Å². The minimum absolute atomic E-state index is 0.198. The molecule has 0 aliphatic heterocycles. The summed E-state index contributed by atoms with van der Waals surface area (Å²) in [5.41, 5.74) is 0. The Morgan fingerprint density at radius 1 is 1.60 bits per heavy atom. The lowest BCUT2D eigenvalue weighted by molar-refractivity contribution is -0.142. The van der Waals surface area contributed by atoms with Crippen LogP contribution < -0.4 is 0 Å². The molecule has 4 nitrogen and oxygen atoms in total. The van der Waals surface area contributed by atoms with E-state index in [1.807, 2.05) is 13.8 Å². The van der Waals surface area contributed by atoms with Crippen molar-refractivity contribution < 1.29 is 9.53 Å². The van der Waals surface area contributed by atoms with Crippen LogP contribution in [0.1, 0.15) is 26.6 Å². The zero-order chi connectivity index (χ0) is 11.3. The summed E-state index contributed by atoms with van der Waals surface area (Å²) in [6, 6.07) is 0. The van der Waals surface area contributed by atoms with Gasteiger partial charge in [0.1, 0.15) is 11.1 Å². The summed E-state index contributed by atoms with van der Waals surface area (Å²) in [7, 11) is 0. The normalized spacial score (nSPS) is 12.5. The first-order valence-electron chi connectivity index (χ1n) is 4.83. The van der Waals surface area contributed by atoms with Crippen LogP contribution in [-0.4, -0.2) is 27.2 Å². The molecule has 1 heterocycles. The predicted octanol–water partition coefficient (Wildman–Crippen LogP) is 2.14. The molecular formula is C9H14N2O2S2. The van der Waals surface area contributed by atoms with Gasteiger partial charge in [-0.2, -0.15) is 4.37 Å². The topological polar surface area (TPSA) is 52.1 Å². The van der Waals surface area contributed by atoms with Gasteiger partial charge in [-0.15, -0.1) is 0 Å². The van der Waals surface area contributed by atoms with E-state index < -0.39 is 0 Å². The largest absolute Gasteiger partial charge is 0.465 e. The SMILES string of the molecule is CCOC(=O)C(C)Sc1nc(CC)ns1. The van der Waals surface area contributed by atoms with E-state index in [2.05, 4.69) is 9.36 Å². The van der Waals surface area contributed by atoms with Crippen LogP contribution in [0.3, 0.4) is 0 Å².